The molecule has 2 aliphatic heterocycles. The standard InChI is InChI=1S/C14H23NO4.C10H17NO2/c1-5-18-12(16)9-8-11-7-6-10-15(11)13(17)19-14(2,3)4;1-3-13-10(12)7-6-9-5-4-8-11(9)2/h8-9,11H,5-7,10H2,1-4H3;6-7,9H,3-5,8H2,1-2H3/b9-8+;7-6+/t11-;9-/m11/s1. The lowest BCUT2D eigenvalue weighted by Crippen LogP contribution is -2.39. The molecule has 0 bridgehead atoms. The van der Waals surface area contributed by atoms with Crippen molar-refractivity contribution in [2.24, 2.45) is 0 Å². The van der Waals surface area contributed by atoms with E-state index in [2.05, 4.69) is 11.9 Å². The SMILES string of the molecule is CCOC(=O)/C=C/[C@H]1CCCN1C.CCOC(=O)/C=C/[C@H]1CCCN1C(=O)OC(C)(C)C. The van der Waals surface area contributed by atoms with E-state index in [-0.39, 0.29) is 24.1 Å². The molecule has 2 saturated heterocycles. The van der Waals surface area contributed by atoms with Gasteiger partial charge in [0.05, 0.1) is 19.3 Å². The van der Waals surface area contributed by atoms with Gasteiger partial charge in [-0.1, -0.05) is 12.2 Å². The van der Waals surface area contributed by atoms with Gasteiger partial charge in [-0.3, -0.25) is 4.90 Å². The number of hydrogen-bond donors (Lipinski definition) is 0. The molecular weight excluding hydrogens is 412 g/mol. The van der Waals surface area contributed by atoms with Gasteiger partial charge in [0.2, 0.25) is 0 Å². The number of ether oxygens (including phenoxy) is 3. The van der Waals surface area contributed by atoms with E-state index in [1.165, 1.54) is 18.6 Å². The topological polar surface area (TPSA) is 85.4 Å². The average Bonchev–Trinajstić information content (AvgIpc) is 3.33. The number of nitrogens with zero attached hydrogens (tertiary/aromatic N) is 2. The fourth-order valence-corrected chi connectivity index (χ4v) is 3.48. The van der Waals surface area contributed by atoms with Crippen LogP contribution in [0.5, 0.6) is 0 Å². The van der Waals surface area contributed by atoms with Crippen molar-refractivity contribution in [3.05, 3.63) is 24.3 Å². The van der Waals surface area contributed by atoms with Crippen molar-refractivity contribution in [3.8, 4) is 0 Å². The Morgan fingerprint density at radius 2 is 1.38 bits per heavy atom. The average molecular weight is 453 g/mol. The molecule has 8 nitrogen and oxygen atoms in total. The van der Waals surface area contributed by atoms with Crippen LogP contribution in [-0.2, 0) is 23.8 Å². The van der Waals surface area contributed by atoms with Crippen LogP contribution in [0.3, 0.4) is 0 Å². The molecule has 182 valence electrons. The van der Waals surface area contributed by atoms with Gasteiger partial charge in [0.25, 0.3) is 0 Å². The normalized spacial score (nSPS) is 21.5. The summed E-state index contributed by atoms with van der Waals surface area (Å²) >= 11 is 0. The van der Waals surface area contributed by atoms with Gasteiger partial charge in [0.15, 0.2) is 0 Å². The lowest BCUT2D eigenvalue weighted by atomic mass is 10.2. The molecule has 2 atom stereocenters. The first-order valence-electron chi connectivity index (χ1n) is 11.5. The number of likely N-dealkylation sites (tertiary alicyclic amines) is 2. The minimum absolute atomic E-state index is 0.0840. The van der Waals surface area contributed by atoms with E-state index < -0.39 is 5.60 Å². The summed E-state index contributed by atoms with van der Waals surface area (Å²) in [7, 11) is 2.08. The molecule has 0 N–H and O–H groups in total. The zero-order valence-electron chi connectivity index (χ0n) is 20.5. The third-order valence-electron chi connectivity index (χ3n) is 4.99. The van der Waals surface area contributed by atoms with Crippen molar-refractivity contribution in [1.29, 1.82) is 0 Å². The summed E-state index contributed by atoms with van der Waals surface area (Å²) in [6, 6.07) is 0.337. The summed E-state index contributed by atoms with van der Waals surface area (Å²) in [6.45, 7) is 11.7. The Bertz CT molecular complexity index is 668. The zero-order chi connectivity index (χ0) is 24.1. The maximum Gasteiger partial charge on any atom is 0.410 e. The van der Waals surface area contributed by atoms with Crippen LogP contribution in [0, 0.1) is 0 Å². The monoisotopic (exact) mass is 452 g/mol. The van der Waals surface area contributed by atoms with Gasteiger partial charge < -0.3 is 19.1 Å². The van der Waals surface area contributed by atoms with E-state index in [1.807, 2.05) is 33.8 Å². The van der Waals surface area contributed by atoms with Crippen LogP contribution in [0.2, 0.25) is 0 Å². The summed E-state index contributed by atoms with van der Waals surface area (Å²) in [5.74, 6) is -0.610. The molecular formula is C24H40N2O6. The second-order valence-electron chi connectivity index (χ2n) is 8.80. The summed E-state index contributed by atoms with van der Waals surface area (Å²) in [5, 5.41) is 0. The number of carbonyl (C=O) groups excluding carboxylic acids is 3. The third-order valence-corrected chi connectivity index (χ3v) is 4.99. The van der Waals surface area contributed by atoms with Crippen LogP contribution in [0.1, 0.15) is 60.3 Å². The first kappa shape index (κ1) is 27.7. The van der Waals surface area contributed by atoms with Crippen molar-refractivity contribution < 1.29 is 28.6 Å². The van der Waals surface area contributed by atoms with Gasteiger partial charge >= 0.3 is 18.0 Å². The van der Waals surface area contributed by atoms with Gasteiger partial charge in [-0.25, -0.2) is 14.4 Å². The smallest absolute Gasteiger partial charge is 0.410 e. The molecule has 2 heterocycles. The number of amides is 1. The number of rotatable bonds is 6. The Morgan fingerprint density at radius 1 is 0.875 bits per heavy atom. The summed E-state index contributed by atoms with van der Waals surface area (Å²) < 4.78 is 15.0. The van der Waals surface area contributed by atoms with E-state index >= 15 is 0 Å². The minimum atomic E-state index is -0.505. The molecule has 2 aliphatic rings. The molecule has 32 heavy (non-hydrogen) atoms. The first-order valence-corrected chi connectivity index (χ1v) is 11.5. The van der Waals surface area contributed by atoms with Crippen LogP contribution < -0.4 is 0 Å². The molecule has 0 aliphatic carbocycles. The molecule has 2 fully saturated rings. The Morgan fingerprint density at radius 3 is 1.84 bits per heavy atom. The molecule has 0 aromatic rings. The van der Waals surface area contributed by atoms with Crippen molar-refractivity contribution in [3.63, 3.8) is 0 Å². The van der Waals surface area contributed by atoms with Gasteiger partial charge in [-0.05, 0) is 73.9 Å². The highest BCUT2D eigenvalue weighted by molar-refractivity contribution is 5.82. The fraction of sp³-hybridized carbons (Fsp3) is 0.708. The number of likely N-dealkylation sites (N-methyl/N-ethyl adjacent to an activating group) is 1. The lowest BCUT2D eigenvalue weighted by Gasteiger charge is -2.27. The Balaban J connectivity index is 0.000000343. The highest BCUT2D eigenvalue weighted by Gasteiger charge is 2.30. The van der Waals surface area contributed by atoms with E-state index in [0.29, 0.717) is 25.8 Å². The summed E-state index contributed by atoms with van der Waals surface area (Å²) in [6.07, 6.45) is 10.4. The van der Waals surface area contributed by atoms with Crippen molar-refractivity contribution in [2.45, 2.75) is 78.0 Å². The predicted octanol–water partition coefficient (Wildman–Crippen LogP) is 3.71. The van der Waals surface area contributed by atoms with E-state index in [4.69, 9.17) is 14.2 Å². The van der Waals surface area contributed by atoms with Crippen LogP contribution in [0.25, 0.3) is 0 Å². The second-order valence-corrected chi connectivity index (χ2v) is 8.80. The van der Waals surface area contributed by atoms with Gasteiger partial charge in [-0.15, -0.1) is 0 Å². The molecule has 1 amide bonds. The van der Waals surface area contributed by atoms with Gasteiger partial charge in [0.1, 0.15) is 5.60 Å². The quantitative estimate of drug-likeness (QED) is 0.345. The Kier molecular flexibility index (Phi) is 12.1. The zero-order valence-corrected chi connectivity index (χ0v) is 20.5. The number of esters is 2. The fourth-order valence-electron chi connectivity index (χ4n) is 3.48. The third kappa shape index (κ3) is 10.8. The van der Waals surface area contributed by atoms with E-state index in [0.717, 1.165) is 25.8 Å². The molecule has 0 radical (unpaired) electrons. The van der Waals surface area contributed by atoms with Gasteiger partial charge in [-0.2, -0.15) is 0 Å². The van der Waals surface area contributed by atoms with Crippen LogP contribution in [-0.4, -0.2) is 78.9 Å². The lowest BCUT2D eigenvalue weighted by molar-refractivity contribution is -0.138. The maximum atomic E-state index is 12.0. The molecule has 0 spiro atoms. The predicted molar refractivity (Wildman–Crippen MR) is 123 cm³/mol. The maximum absolute atomic E-state index is 12.0. The van der Waals surface area contributed by atoms with Crippen LogP contribution in [0.4, 0.5) is 4.79 Å². The second kappa shape index (κ2) is 13.9. The molecule has 2 rings (SSSR count). The van der Waals surface area contributed by atoms with Crippen LogP contribution >= 0.6 is 0 Å². The van der Waals surface area contributed by atoms with E-state index in [1.54, 1.807) is 17.9 Å². The molecule has 0 saturated carbocycles. The Hall–Kier alpha value is -2.35. The molecule has 0 unspecified atom stereocenters. The highest BCUT2D eigenvalue weighted by Crippen LogP contribution is 2.21. The highest BCUT2D eigenvalue weighted by atomic mass is 16.6. The van der Waals surface area contributed by atoms with Gasteiger partial charge in [0, 0.05) is 24.7 Å². The first-order chi connectivity index (χ1) is 15.1. The minimum Gasteiger partial charge on any atom is -0.463 e. The Labute approximate surface area is 192 Å². The van der Waals surface area contributed by atoms with Crippen molar-refractivity contribution in [1.82, 2.24) is 9.80 Å². The van der Waals surface area contributed by atoms with Crippen molar-refractivity contribution in [2.75, 3.05) is 33.4 Å². The number of carbonyl (C=O) groups is 3. The van der Waals surface area contributed by atoms with E-state index in [9.17, 15) is 14.4 Å². The molecule has 0 aromatic heterocycles. The largest absolute Gasteiger partial charge is 0.463 e. The summed E-state index contributed by atoms with van der Waals surface area (Å²) in [5.41, 5.74) is -0.505. The van der Waals surface area contributed by atoms with Crippen molar-refractivity contribution >= 4 is 18.0 Å². The number of hydrogen-bond acceptors (Lipinski definition) is 7. The molecule has 0 aromatic carbocycles. The summed E-state index contributed by atoms with van der Waals surface area (Å²) in [4.78, 5) is 38.1. The van der Waals surface area contributed by atoms with Crippen LogP contribution in [0.15, 0.2) is 24.3 Å². The molecule has 8 heteroatoms.